The Bertz CT molecular complexity index is 1190. The zero-order chi connectivity index (χ0) is 21.3. The summed E-state index contributed by atoms with van der Waals surface area (Å²) in [6.07, 6.45) is 7.80. The number of urea groups is 1. The van der Waals surface area contributed by atoms with Gasteiger partial charge in [0.05, 0.1) is 59.1 Å². The highest BCUT2D eigenvalue weighted by Crippen LogP contribution is 2.26. The first kappa shape index (κ1) is 19.7. The number of nitrogens with one attached hydrogen (secondary N) is 2. The molecule has 2 N–H and O–H groups in total. The number of hydrogen-bond acceptors (Lipinski definition) is 7. The molecule has 11 nitrogen and oxygen atoms in total. The molecule has 0 unspecified atom stereocenters. The van der Waals surface area contributed by atoms with Gasteiger partial charge in [0.15, 0.2) is 11.5 Å². The van der Waals surface area contributed by atoms with Gasteiger partial charge in [0.1, 0.15) is 0 Å². The van der Waals surface area contributed by atoms with Crippen LogP contribution in [-0.2, 0) is 0 Å². The number of pyridine rings is 1. The van der Waals surface area contributed by atoms with Crippen LogP contribution in [0.5, 0.6) is 0 Å². The second-order valence-corrected chi connectivity index (χ2v) is 7.13. The standard InChI is InChI=1S/C18H19ClN10O/c1-11(27(2)3)16-14(10-20-15-4-5-22-28(15)16)26-18(30)25-12-8-13(19)17(21-9-12)29-23-6-7-24-29/h4-11H,1-3H3,(H2,25,26,30)/t11-/m0/s1. The van der Waals surface area contributed by atoms with Crippen LogP contribution in [-0.4, -0.2) is 59.6 Å². The number of carbonyl (C=O) groups is 1. The molecule has 0 saturated heterocycles. The lowest BCUT2D eigenvalue weighted by molar-refractivity contribution is 0.262. The molecule has 4 aromatic heterocycles. The Morgan fingerprint density at radius 2 is 1.87 bits per heavy atom. The van der Waals surface area contributed by atoms with Crippen molar-refractivity contribution in [1.82, 2.24) is 39.5 Å². The van der Waals surface area contributed by atoms with Crippen molar-refractivity contribution in [3.63, 3.8) is 0 Å². The predicted octanol–water partition coefficient (Wildman–Crippen LogP) is 2.62. The number of amides is 2. The maximum atomic E-state index is 12.6. The first-order chi connectivity index (χ1) is 14.4. The number of rotatable bonds is 5. The predicted molar refractivity (Wildman–Crippen MR) is 112 cm³/mol. The lowest BCUT2D eigenvalue weighted by atomic mass is 10.2. The molecule has 154 valence electrons. The minimum Gasteiger partial charge on any atom is -0.306 e. The van der Waals surface area contributed by atoms with Crippen molar-refractivity contribution in [2.75, 3.05) is 24.7 Å². The van der Waals surface area contributed by atoms with Crippen molar-refractivity contribution in [3.05, 3.63) is 53.8 Å². The van der Waals surface area contributed by atoms with Gasteiger partial charge in [-0.2, -0.15) is 15.3 Å². The van der Waals surface area contributed by atoms with Crippen molar-refractivity contribution >= 4 is 34.7 Å². The Balaban J connectivity index is 1.57. The molecule has 0 spiro atoms. The fourth-order valence-electron chi connectivity index (χ4n) is 2.89. The van der Waals surface area contributed by atoms with E-state index in [2.05, 4.69) is 35.9 Å². The molecule has 0 aliphatic heterocycles. The molecule has 2 amide bonds. The Morgan fingerprint density at radius 3 is 2.57 bits per heavy atom. The average molecular weight is 427 g/mol. The third-order valence-electron chi connectivity index (χ3n) is 4.56. The maximum absolute atomic E-state index is 12.6. The number of anilines is 2. The van der Waals surface area contributed by atoms with E-state index in [1.54, 1.807) is 29.0 Å². The van der Waals surface area contributed by atoms with Crippen LogP contribution in [0.15, 0.2) is 43.1 Å². The molecule has 12 heteroatoms. The lowest BCUT2D eigenvalue weighted by Gasteiger charge is -2.23. The van der Waals surface area contributed by atoms with E-state index >= 15 is 0 Å². The van der Waals surface area contributed by atoms with E-state index in [4.69, 9.17) is 11.6 Å². The van der Waals surface area contributed by atoms with Crippen LogP contribution in [0.3, 0.4) is 0 Å². The molecule has 0 aromatic carbocycles. The van der Waals surface area contributed by atoms with E-state index in [1.807, 2.05) is 25.9 Å². The maximum Gasteiger partial charge on any atom is 0.323 e. The Labute approximate surface area is 176 Å². The normalized spacial score (nSPS) is 12.3. The Morgan fingerprint density at radius 1 is 1.10 bits per heavy atom. The second-order valence-electron chi connectivity index (χ2n) is 6.72. The average Bonchev–Trinajstić information content (AvgIpc) is 3.39. The summed E-state index contributed by atoms with van der Waals surface area (Å²) in [6, 6.07) is 2.89. The van der Waals surface area contributed by atoms with E-state index in [0.29, 0.717) is 27.9 Å². The highest BCUT2D eigenvalue weighted by molar-refractivity contribution is 6.32. The first-order valence-corrected chi connectivity index (χ1v) is 9.41. The van der Waals surface area contributed by atoms with Gasteiger partial charge in [0.25, 0.3) is 0 Å². The van der Waals surface area contributed by atoms with Crippen LogP contribution in [0.25, 0.3) is 11.5 Å². The molecule has 4 rings (SSSR count). The van der Waals surface area contributed by atoms with Crippen LogP contribution in [0, 0.1) is 0 Å². The summed E-state index contributed by atoms with van der Waals surface area (Å²) in [5.41, 5.74) is 2.47. The summed E-state index contributed by atoms with van der Waals surface area (Å²) in [5, 5.41) is 18.2. The van der Waals surface area contributed by atoms with Crippen LogP contribution in [0.1, 0.15) is 18.7 Å². The summed E-state index contributed by atoms with van der Waals surface area (Å²) in [4.78, 5) is 24.5. The van der Waals surface area contributed by atoms with Gasteiger partial charge in [-0.1, -0.05) is 11.6 Å². The third-order valence-corrected chi connectivity index (χ3v) is 4.84. The van der Waals surface area contributed by atoms with E-state index in [-0.39, 0.29) is 6.04 Å². The molecule has 1 atom stereocenters. The first-order valence-electron chi connectivity index (χ1n) is 9.03. The smallest absolute Gasteiger partial charge is 0.306 e. The van der Waals surface area contributed by atoms with Crippen molar-refractivity contribution < 1.29 is 4.79 Å². The molecular weight excluding hydrogens is 408 g/mol. The largest absolute Gasteiger partial charge is 0.323 e. The van der Waals surface area contributed by atoms with Crippen molar-refractivity contribution in [1.29, 1.82) is 0 Å². The van der Waals surface area contributed by atoms with Gasteiger partial charge in [0.2, 0.25) is 0 Å². The van der Waals surface area contributed by atoms with E-state index in [0.717, 1.165) is 5.69 Å². The second kappa shape index (κ2) is 8.05. The molecule has 0 aliphatic carbocycles. The molecule has 0 bridgehead atoms. The quantitative estimate of drug-likeness (QED) is 0.503. The summed E-state index contributed by atoms with van der Waals surface area (Å²) in [5.74, 6) is 0.364. The molecule has 0 aliphatic rings. The molecular formula is C18H19ClN10O. The van der Waals surface area contributed by atoms with Gasteiger partial charge < -0.3 is 15.5 Å². The van der Waals surface area contributed by atoms with Crippen LogP contribution < -0.4 is 10.6 Å². The zero-order valence-corrected chi connectivity index (χ0v) is 17.2. The van der Waals surface area contributed by atoms with Crippen molar-refractivity contribution in [3.8, 4) is 5.82 Å². The third kappa shape index (κ3) is 3.80. The van der Waals surface area contributed by atoms with Crippen molar-refractivity contribution in [2.45, 2.75) is 13.0 Å². The number of halogens is 1. The molecule has 4 aromatic rings. The van der Waals surface area contributed by atoms with Gasteiger partial charge in [0, 0.05) is 6.07 Å². The summed E-state index contributed by atoms with van der Waals surface area (Å²) in [7, 11) is 3.90. The summed E-state index contributed by atoms with van der Waals surface area (Å²) in [6.45, 7) is 2.02. The Kier molecular flexibility index (Phi) is 5.29. The van der Waals surface area contributed by atoms with Gasteiger partial charge in [-0.3, -0.25) is 0 Å². The summed E-state index contributed by atoms with van der Waals surface area (Å²) >= 11 is 6.26. The highest BCUT2D eigenvalue weighted by atomic mass is 35.5. The topological polar surface area (TPSA) is 118 Å². The fourth-order valence-corrected chi connectivity index (χ4v) is 3.13. The van der Waals surface area contributed by atoms with Gasteiger partial charge in [-0.15, -0.1) is 4.80 Å². The molecule has 0 saturated carbocycles. The molecule has 30 heavy (non-hydrogen) atoms. The fraction of sp³-hybridized carbons (Fsp3) is 0.222. The van der Waals surface area contributed by atoms with Crippen LogP contribution in [0.4, 0.5) is 16.2 Å². The molecule has 0 fully saturated rings. The number of fused-ring (bicyclic) bond motifs is 1. The van der Waals surface area contributed by atoms with E-state index in [1.165, 1.54) is 23.4 Å². The van der Waals surface area contributed by atoms with Gasteiger partial charge in [-0.25, -0.2) is 19.3 Å². The van der Waals surface area contributed by atoms with Crippen LogP contribution in [0.2, 0.25) is 5.02 Å². The SMILES string of the molecule is C[C@@H](c1c(NC(=O)Nc2cnc(-n3nccn3)c(Cl)c2)cnc2ccnn12)N(C)C. The van der Waals surface area contributed by atoms with Crippen molar-refractivity contribution in [2.24, 2.45) is 0 Å². The van der Waals surface area contributed by atoms with Crippen LogP contribution >= 0.6 is 11.6 Å². The highest BCUT2D eigenvalue weighted by Gasteiger charge is 2.20. The minimum absolute atomic E-state index is 0.0253. The number of nitrogens with zero attached hydrogens (tertiary/aromatic N) is 8. The summed E-state index contributed by atoms with van der Waals surface area (Å²) < 4.78 is 1.71. The number of hydrogen-bond donors (Lipinski definition) is 2. The Hall–Kier alpha value is -3.57. The van der Waals surface area contributed by atoms with E-state index in [9.17, 15) is 4.79 Å². The zero-order valence-electron chi connectivity index (χ0n) is 16.5. The van der Waals surface area contributed by atoms with Gasteiger partial charge >= 0.3 is 6.03 Å². The monoisotopic (exact) mass is 426 g/mol. The molecule has 0 radical (unpaired) electrons. The number of carbonyl (C=O) groups excluding carboxylic acids is 1. The van der Waals surface area contributed by atoms with E-state index < -0.39 is 6.03 Å². The molecule has 4 heterocycles. The number of aromatic nitrogens is 7. The lowest BCUT2D eigenvalue weighted by Crippen LogP contribution is -2.25. The minimum atomic E-state index is -0.460. The van der Waals surface area contributed by atoms with Gasteiger partial charge in [-0.05, 0) is 27.1 Å².